The van der Waals surface area contributed by atoms with Gasteiger partial charge in [-0.25, -0.2) is 9.78 Å². The molecule has 1 atom stereocenters. The molecule has 0 radical (unpaired) electrons. The topological polar surface area (TPSA) is 63.2 Å². The Balaban J connectivity index is 1.93. The van der Waals surface area contributed by atoms with Gasteiger partial charge in [-0.15, -0.1) is 11.3 Å². The van der Waals surface area contributed by atoms with Crippen molar-refractivity contribution in [3.05, 3.63) is 44.9 Å². The lowest BCUT2D eigenvalue weighted by atomic mass is 10.2. The van der Waals surface area contributed by atoms with E-state index >= 15 is 0 Å². The minimum Gasteiger partial charge on any atom is -0.496 e. The third-order valence-corrected chi connectivity index (χ3v) is 4.53. The first-order valence-electron chi connectivity index (χ1n) is 6.79. The average Bonchev–Trinajstić information content (AvgIpc) is 2.92. The summed E-state index contributed by atoms with van der Waals surface area (Å²) in [5.74, 6) is 0.649. The fourth-order valence-electron chi connectivity index (χ4n) is 1.95. The van der Waals surface area contributed by atoms with E-state index in [-0.39, 0.29) is 18.6 Å². The Morgan fingerprint density at radius 3 is 2.91 bits per heavy atom. The van der Waals surface area contributed by atoms with E-state index in [0.717, 1.165) is 15.4 Å². The van der Waals surface area contributed by atoms with E-state index in [1.807, 2.05) is 19.9 Å². The number of methoxy groups -OCH3 is 1. The van der Waals surface area contributed by atoms with Crippen LogP contribution in [0, 0.1) is 6.92 Å². The van der Waals surface area contributed by atoms with Gasteiger partial charge in [0.05, 0.1) is 13.2 Å². The zero-order valence-corrected chi connectivity index (χ0v) is 14.2. The molecule has 0 fully saturated rings. The van der Waals surface area contributed by atoms with Crippen molar-refractivity contribution in [1.82, 2.24) is 15.6 Å². The maximum Gasteiger partial charge on any atom is 0.315 e. The molecule has 2 N–H and O–H groups in total. The molecule has 7 heteroatoms. The summed E-state index contributed by atoms with van der Waals surface area (Å²) in [7, 11) is 1.57. The molecule has 2 aromatic rings. The van der Waals surface area contributed by atoms with Gasteiger partial charge in [0.1, 0.15) is 10.8 Å². The quantitative estimate of drug-likeness (QED) is 0.873. The summed E-state index contributed by atoms with van der Waals surface area (Å²) in [4.78, 5) is 17.4. The second-order valence-electron chi connectivity index (χ2n) is 4.78. The minimum absolute atomic E-state index is 0.146. The Bertz CT molecular complexity index is 660. The van der Waals surface area contributed by atoms with E-state index in [9.17, 15) is 4.79 Å². The maximum atomic E-state index is 12.0. The Morgan fingerprint density at radius 1 is 1.50 bits per heavy atom. The third-order valence-electron chi connectivity index (χ3n) is 3.08. The standard InChI is InChI=1S/C15H18ClN3O2S/c1-9-7-17-14(22-9)10(2)19-15(20)18-8-11-12(16)5-4-6-13(11)21-3/h4-7,10H,8H2,1-3H3,(H2,18,19,20). The lowest BCUT2D eigenvalue weighted by Gasteiger charge is -2.14. The average molecular weight is 340 g/mol. The molecule has 118 valence electrons. The van der Waals surface area contributed by atoms with Crippen molar-refractivity contribution in [2.75, 3.05) is 7.11 Å². The Morgan fingerprint density at radius 2 is 2.27 bits per heavy atom. The summed E-state index contributed by atoms with van der Waals surface area (Å²) in [6, 6.07) is 4.95. The number of nitrogens with one attached hydrogen (secondary N) is 2. The first kappa shape index (κ1) is 16.6. The highest BCUT2D eigenvalue weighted by atomic mass is 35.5. The summed E-state index contributed by atoms with van der Waals surface area (Å²) in [5, 5.41) is 7.07. The van der Waals surface area contributed by atoms with E-state index < -0.39 is 0 Å². The second kappa shape index (κ2) is 7.47. The summed E-state index contributed by atoms with van der Waals surface area (Å²) in [6.45, 7) is 4.17. The number of carbonyl (C=O) groups is 1. The molecule has 0 saturated heterocycles. The predicted molar refractivity (Wildman–Crippen MR) is 88.6 cm³/mol. The number of carbonyl (C=O) groups excluding carboxylic acids is 1. The summed E-state index contributed by atoms with van der Waals surface area (Å²) < 4.78 is 5.25. The third kappa shape index (κ3) is 4.11. The first-order valence-corrected chi connectivity index (χ1v) is 7.98. The maximum absolute atomic E-state index is 12.0. The highest BCUT2D eigenvalue weighted by molar-refractivity contribution is 7.11. The number of urea groups is 1. The van der Waals surface area contributed by atoms with Gasteiger partial charge < -0.3 is 15.4 Å². The van der Waals surface area contributed by atoms with E-state index in [2.05, 4.69) is 15.6 Å². The van der Waals surface area contributed by atoms with Gasteiger partial charge in [-0.3, -0.25) is 0 Å². The number of ether oxygens (including phenoxy) is 1. The monoisotopic (exact) mass is 339 g/mol. The number of thiazole rings is 1. The number of aryl methyl sites for hydroxylation is 1. The minimum atomic E-state index is -0.276. The number of benzene rings is 1. The number of hydrogen-bond donors (Lipinski definition) is 2. The molecule has 0 aliphatic rings. The lowest BCUT2D eigenvalue weighted by Crippen LogP contribution is -2.36. The van der Waals surface area contributed by atoms with Crippen LogP contribution in [0.2, 0.25) is 5.02 Å². The highest BCUT2D eigenvalue weighted by Gasteiger charge is 2.14. The van der Waals surface area contributed by atoms with Crippen molar-refractivity contribution in [3.63, 3.8) is 0 Å². The van der Waals surface area contributed by atoms with Gasteiger partial charge in [0.15, 0.2) is 0 Å². The predicted octanol–water partition coefficient (Wildman–Crippen LogP) is 3.67. The van der Waals surface area contributed by atoms with Crippen LogP contribution in [0.15, 0.2) is 24.4 Å². The molecule has 0 saturated carbocycles. The van der Waals surface area contributed by atoms with E-state index in [4.69, 9.17) is 16.3 Å². The lowest BCUT2D eigenvalue weighted by molar-refractivity contribution is 0.237. The number of aromatic nitrogens is 1. The number of amides is 2. The van der Waals surface area contributed by atoms with E-state index in [1.165, 1.54) is 0 Å². The molecule has 0 bridgehead atoms. The van der Waals surface area contributed by atoms with Crippen LogP contribution in [0.4, 0.5) is 4.79 Å². The van der Waals surface area contributed by atoms with Crippen LogP contribution >= 0.6 is 22.9 Å². The van der Waals surface area contributed by atoms with Crippen molar-refractivity contribution in [2.45, 2.75) is 26.4 Å². The van der Waals surface area contributed by atoms with E-state index in [1.54, 1.807) is 36.8 Å². The fraction of sp³-hybridized carbons (Fsp3) is 0.333. The van der Waals surface area contributed by atoms with Crippen molar-refractivity contribution in [3.8, 4) is 5.75 Å². The molecule has 5 nitrogen and oxygen atoms in total. The molecule has 0 spiro atoms. The SMILES string of the molecule is COc1cccc(Cl)c1CNC(=O)NC(C)c1ncc(C)s1. The van der Waals surface area contributed by atoms with Crippen LogP contribution in [0.25, 0.3) is 0 Å². The molecule has 2 amide bonds. The fourth-order valence-corrected chi connectivity index (χ4v) is 2.96. The summed E-state index contributed by atoms with van der Waals surface area (Å²) >= 11 is 7.70. The van der Waals surface area contributed by atoms with Gasteiger partial charge in [0, 0.05) is 28.2 Å². The molecular formula is C15H18ClN3O2S. The van der Waals surface area contributed by atoms with Crippen molar-refractivity contribution in [2.24, 2.45) is 0 Å². The molecule has 2 rings (SSSR count). The van der Waals surface area contributed by atoms with Crippen LogP contribution in [0.5, 0.6) is 5.75 Å². The smallest absolute Gasteiger partial charge is 0.315 e. The number of nitrogens with zero attached hydrogens (tertiary/aromatic N) is 1. The summed E-state index contributed by atoms with van der Waals surface area (Å²) in [5.41, 5.74) is 0.750. The van der Waals surface area contributed by atoms with E-state index in [0.29, 0.717) is 10.8 Å². The Hall–Kier alpha value is -1.79. The van der Waals surface area contributed by atoms with Gasteiger partial charge >= 0.3 is 6.03 Å². The van der Waals surface area contributed by atoms with Crippen molar-refractivity contribution < 1.29 is 9.53 Å². The largest absolute Gasteiger partial charge is 0.496 e. The first-order chi connectivity index (χ1) is 10.5. The molecule has 1 aromatic heterocycles. The van der Waals surface area contributed by atoms with Gasteiger partial charge in [0.25, 0.3) is 0 Å². The number of hydrogen-bond acceptors (Lipinski definition) is 4. The Kier molecular flexibility index (Phi) is 5.63. The van der Waals surface area contributed by atoms with Gasteiger partial charge in [0.2, 0.25) is 0 Å². The molecule has 22 heavy (non-hydrogen) atoms. The number of rotatable bonds is 5. The Labute approximate surface area is 138 Å². The highest BCUT2D eigenvalue weighted by Crippen LogP contribution is 2.26. The van der Waals surface area contributed by atoms with Crippen molar-refractivity contribution in [1.29, 1.82) is 0 Å². The molecular weight excluding hydrogens is 322 g/mol. The van der Waals surface area contributed by atoms with Crippen LogP contribution in [-0.2, 0) is 6.54 Å². The molecule has 1 aromatic carbocycles. The van der Waals surface area contributed by atoms with Crippen LogP contribution in [-0.4, -0.2) is 18.1 Å². The van der Waals surface area contributed by atoms with Crippen molar-refractivity contribution >= 4 is 29.0 Å². The zero-order chi connectivity index (χ0) is 16.1. The summed E-state index contributed by atoms with van der Waals surface area (Å²) in [6.07, 6.45) is 1.80. The normalized spacial score (nSPS) is 11.8. The zero-order valence-electron chi connectivity index (χ0n) is 12.6. The van der Waals surface area contributed by atoms with Gasteiger partial charge in [-0.05, 0) is 26.0 Å². The van der Waals surface area contributed by atoms with Gasteiger partial charge in [-0.1, -0.05) is 17.7 Å². The van der Waals surface area contributed by atoms with Gasteiger partial charge in [-0.2, -0.15) is 0 Å². The molecule has 1 heterocycles. The molecule has 0 aliphatic heterocycles. The van der Waals surface area contributed by atoms with Crippen LogP contribution in [0.3, 0.4) is 0 Å². The number of halogens is 1. The molecule has 1 unspecified atom stereocenters. The molecule has 0 aliphatic carbocycles. The van der Waals surface area contributed by atoms with Crippen LogP contribution in [0.1, 0.15) is 28.4 Å². The second-order valence-corrected chi connectivity index (χ2v) is 6.45. The van der Waals surface area contributed by atoms with Crippen LogP contribution < -0.4 is 15.4 Å².